The average molecular weight is 259 g/mol. The minimum Gasteiger partial charge on any atom is -0.366 e. The monoisotopic (exact) mass is 259 g/mol. The Morgan fingerprint density at radius 1 is 1.37 bits per heavy atom. The van der Waals surface area contributed by atoms with E-state index < -0.39 is 0 Å². The van der Waals surface area contributed by atoms with E-state index in [1.165, 1.54) is 13.0 Å². The molecule has 19 heavy (non-hydrogen) atoms. The van der Waals surface area contributed by atoms with Crippen LogP contribution in [0.15, 0.2) is 24.8 Å². The van der Waals surface area contributed by atoms with Crippen LogP contribution in [0.2, 0.25) is 0 Å². The van der Waals surface area contributed by atoms with Crippen molar-refractivity contribution in [1.82, 2.24) is 4.90 Å². The third kappa shape index (κ3) is 2.10. The smallest absolute Gasteiger partial charge is 0.276 e. The molecule has 2 saturated heterocycles. The van der Waals surface area contributed by atoms with Crippen LogP contribution in [0, 0.1) is 10.1 Å². The number of benzene rings is 1. The molecule has 0 aromatic heterocycles. The number of hydrogen-bond acceptors (Lipinski definition) is 4. The molecule has 1 aromatic rings. The number of nitro groups is 1. The van der Waals surface area contributed by atoms with Crippen LogP contribution in [-0.4, -0.2) is 42.0 Å². The summed E-state index contributed by atoms with van der Waals surface area (Å²) in [6.07, 6.45) is 2.74. The summed E-state index contributed by atoms with van der Waals surface area (Å²) < 4.78 is 0. The van der Waals surface area contributed by atoms with Crippen molar-refractivity contribution in [2.24, 2.45) is 0 Å². The van der Waals surface area contributed by atoms with E-state index in [1.807, 2.05) is 12.1 Å². The van der Waals surface area contributed by atoms with Gasteiger partial charge in [-0.25, -0.2) is 0 Å². The fraction of sp³-hybridized carbons (Fsp3) is 0.429. The lowest BCUT2D eigenvalue weighted by molar-refractivity contribution is -0.385. The van der Waals surface area contributed by atoms with Crippen LogP contribution in [0.5, 0.6) is 0 Å². The number of anilines is 1. The highest BCUT2D eigenvalue weighted by Gasteiger charge is 2.32. The molecule has 2 aliphatic rings. The van der Waals surface area contributed by atoms with Gasteiger partial charge in [-0.15, -0.1) is 0 Å². The van der Waals surface area contributed by atoms with Gasteiger partial charge < -0.3 is 4.90 Å². The number of rotatable bonds is 3. The standard InChI is InChI=1S/C14H17N3O2/c1-2-11-9-12(3-4-14(11)17(18)19)16-8-7-15-6-5-13(16)10-15/h2-4,9,13H,1,5-8,10H2. The highest BCUT2D eigenvalue weighted by molar-refractivity contribution is 5.66. The third-order valence-electron chi connectivity index (χ3n) is 4.10. The first-order chi connectivity index (χ1) is 9.19. The summed E-state index contributed by atoms with van der Waals surface area (Å²) in [5.74, 6) is 0. The van der Waals surface area contributed by atoms with Crippen molar-refractivity contribution in [2.45, 2.75) is 12.5 Å². The maximum absolute atomic E-state index is 10.9. The number of nitrogens with zero attached hydrogens (tertiary/aromatic N) is 3. The zero-order valence-corrected chi connectivity index (χ0v) is 10.8. The molecule has 100 valence electrons. The Morgan fingerprint density at radius 3 is 2.95 bits per heavy atom. The summed E-state index contributed by atoms with van der Waals surface area (Å²) in [6.45, 7) is 8.04. The molecule has 0 N–H and O–H groups in total. The zero-order chi connectivity index (χ0) is 13.4. The molecule has 2 heterocycles. The molecule has 2 fully saturated rings. The highest BCUT2D eigenvalue weighted by atomic mass is 16.6. The minimum absolute atomic E-state index is 0.129. The fourth-order valence-corrected chi connectivity index (χ4v) is 3.09. The minimum atomic E-state index is -0.353. The summed E-state index contributed by atoms with van der Waals surface area (Å²) in [5.41, 5.74) is 1.80. The predicted octanol–water partition coefficient (Wildman–Crippen LogP) is 2.13. The first-order valence-electron chi connectivity index (χ1n) is 6.59. The molecule has 3 rings (SSSR count). The van der Waals surface area contributed by atoms with Crippen molar-refractivity contribution >= 4 is 17.5 Å². The highest BCUT2D eigenvalue weighted by Crippen LogP contribution is 2.30. The van der Waals surface area contributed by atoms with Crippen LogP contribution < -0.4 is 4.90 Å². The topological polar surface area (TPSA) is 49.6 Å². The van der Waals surface area contributed by atoms with Gasteiger partial charge in [0.05, 0.1) is 10.5 Å². The number of nitro benzene ring substituents is 1. The number of fused-ring (bicyclic) bond motifs is 2. The van der Waals surface area contributed by atoms with E-state index in [1.54, 1.807) is 12.1 Å². The van der Waals surface area contributed by atoms with Gasteiger partial charge in [-0.1, -0.05) is 12.7 Å². The molecule has 2 bridgehead atoms. The Balaban J connectivity index is 1.92. The molecule has 2 aliphatic heterocycles. The largest absolute Gasteiger partial charge is 0.366 e. The van der Waals surface area contributed by atoms with E-state index in [2.05, 4.69) is 16.4 Å². The molecular formula is C14H17N3O2. The molecule has 1 aromatic carbocycles. The van der Waals surface area contributed by atoms with Crippen LogP contribution in [0.3, 0.4) is 0 Å². The zero-order valence-electron chi connectivity index (χ0n) is 10.8. The van der Waals surface area contributed by atoms with E-state index in [-0.39, 0.29) is 10.6 Å². The second kappa shape index (κ2) is 4.66. The van der Waals surface area contributed by atoms with Gasteiger partial charge in [0.1, 0.15) is 0 Å². The van der Waals surface area contributed by atoms with Gasteiger partial charge in [-0.05, 0) is 18.6 Å². The summed E-state index contributed by atoms with van der Waals surface area (Å²) in [7, 11) is 0. The predicted molar refractivity (Wildman–Crippen MR) is 75.4 cm³/mol. The molecule has 0 spiro atoms. The van der Waals surface area contributed by atoms with E-state index in [9.17, 15) is 10.1 Å². The van der Waals surface area contributed by atoms with E-state index in [0.29, 0.717) is 11.6 Å². The van der Waals surface area contributed by atoms with Gasteiger partial charge in [0.25, 0.3) is 5.69 Å². The molecule has 2 unspecified atom stereocenters. The Morgan fingerprint density at radius 2 is 2.21 bits per heavy atom. The van der Waals surface area contributed by atoms with Gasteiger partial charge in [-0.3, -0.25) is 15.0 Å². The van der Waals surface area contributed by atoms with Crippen molar-refractivity contribution in [2.75, 3.05) is 31.1 Å². The Bertz CT molecular complexity index is 529. The van der Waals surface area contributed by atoms with Crippen molar-refractivity contribution in [1.29, 1.82) is 0 Å². The summed E-state index contributed by atoms with van der Waals surface area (Å²) in [5, 5.41) is 10.9. The van der Waals surface area contributed by atoms with E-state index in [0.717, 1.165) is 25.3 Å². The number of hydrogen-bond donors (Lipinski definition) is 0. The van der Waals surface area contributed by atoms with E-state index in [4.69, 9.17) is 0 Å². The maximum Gasteiger partial charge on any atom is 0.276 e. The lowest BCUT2D eigenvalue weighted by Crippen LogP contribution is -2.46. The summed E-state index contributed by atoms with van der Waals surface area (Å²) >= 11 is 0. The van der Waals surface area contributed by atoms with Crippen LogP contribution >= 0.6 is 0 Å². The lowest BCUT2D eigenvalue weighted by atomic mass is 10.1. The molecule has 2 atom stereocenters. The Labute approximate surface area is 112 Å². The van der Waals surface area contributed by atoms with Gasteiger partial charge in [0.2, 0.25) is 0 Å². The van der Waals surface area contributed by atoms with Gasteiger partial charge in [0.15, 0.2) is 0 Å². The van der Waals surface area contributed by atoms with Crippen LogP contribution in [0.1, 0.15) is 12.0 Å². The number of piperazine rings is 1. The molecule has 0 amide bonds. The Hall–Kier alpha value is -1.88. The van der Waals surface area contributed by atoms with Crippen LogP contribution in [0.4, 0.5) is 11.4 Å². The SMILES string of the molecule is C=Cc1cc(N2CCN3CCC2C3)ccc1[N+](=O)[O-]. The van der Waals surface area contributed by atoms with Crippen LogP contribution in [0.25, 0.3) is 6.08 Å². The van der Waals surface area contributed by atoms with Gasteiger partial charge >= 0.3 is 0 Å². The first kappa shape index (κ1) is 12.2. The van der Waals surface area contributed by atoms with Gasteiger partial charge in [0, 0.05) is 44.0 Å². The summed E-state index contributed by atoms with van der Waals surface area (Å²) in [4.78, 5) is 15.4. The lowest BCUT2D eigenvalue weighted by Gasteiger charge is -2.36. The third-order valence-corrected chi connectivity index (χ3v) is 4.10. The molecule has 0 saturated carbocycles. The first-order valence-corrected chi connectivity index (χ1v) is 6.59. The maximum atomic E-state index is 10.9. The summed E-state index contributed by atoms with van der Waals surface area (Å²) in [6, 6.07) is 5.89. The van der Waals surface area contributed by atoms with Crippen molar-refractivity contribution < 1.29 is 4.92 Å². The molecule has 0 aliphatic carbocycles. The second-order valence-corrected chi connectivity index (χ2v) is 5.14. The Kier molecular flexibility index (Phi) is 2.98. The fourth-order valence-electron chi connectivity index (χ4n) is 3.09. The quantitative estimate of drug-likeness (QED) is 0.616. The van der Waals surface area contributed by atoms with Crippen molar-refractivity contribution in [3.8, 4) is 0 Å². The van der Waals surface area contributed by atoms with Gasteiger partial charge in [-0.2, -0.15) is 0 Å². The molecule has 5 heteroatoms. The average Bonchev–Trinajstić information content (AvgIpc) is 2.79. The van der Waals surface area contributed by atoms with Crippen molar-refractivity contribution in [3.63, 3.8) is 0 Å². The normalized spacial score (nSPS) is 25.4. The van der Waals surface area contributed by atoms with E-state index >= 15 is 0 Å². The molecule has 0 radical (unpaired) electrons. The second-order valence-electron chi connectivity index (χ2n) is 5.14. The molecular weight excluding hydrogens is 242 g/mol. The molecule has 5 nitrogen and oxygen atoms in total. The van der Waals surface area contributed by atoms with Crippen molar-refractivity contribution in [3.05, 3.63) is 40.5 Å². The van der Waals surface area contributed by atoms with Crippen LogP contribution in [-0.2, 0) is 0 Å².